The summed E-state index contributed by atoms with van der Waals surface area (Å²) in [5.41, 5.74) is 2.52. The molecule has 134 valence electrons. The maximum Gasteiger partial charge on any atom is 0.224 e. The van der Waals surface area contributed by atoms with Crippen LogP contribution in [0.15, 0.2) is 42.9 Å². The normalized spacial score (nSPS) is 10.8. The summed E-state index contributed by atoms with van der Waals surface area (Å²) in [6.45, 7) is 1.83. The fourth-order valence-corrected chi connectivity index (χ4v) is 2.61. The van der Waals surface area contributed by atoms with Crippen molar-refractivity contribution >= 4 is 23.2 Å². The van der Waals surface area contributed by atoms with Crippen molar-refractivity contribution < 1.29 is 13.6 Å². The van der Waals surface area contributed by atoms with Gasteiger partial charge in [0.15, 0.2) is 0 Å². The fraction of sp³-hybridized carbons (Fsp3) is 0.167. The Morgan fingerprint density at radius 2 is 1.88 bits per heavy atom. The van der Waals surface area contributed by atoms with Gasteiger partial charge in [-0.2, -0.15) is 5.10 Å². The molecule has 2 heterocycles. The van der Waals surface area contributed by atoms with Gasteiger partial charge in [0.1, 0.15) is 16.7 Å². The Kier molecular flexibility index (Phi) is 5.27. The van der Waals surface area contributed by atoms with Crippen LogP contribution in [0.3, 0.4) is 0 Å². The van der Waals surface area contributed by atoms with Crippen molar-refractivity contribution in [3.8, 4) is 5.69 Å². The second-order valence-corrected chi connectivity index (χ2v) is 6.06. The number of amides is 1. The third-order valence-corrected chi connectivity index (χ3v) is 4.24. The average Bonchev–Trinajstić information content (AvgIpc) is 2.99. The molecule has 2 aromatic heterocycles. The molecule has 0 aliphatic rings. The number of hydrogen-bond donors (Lipinski definition) is 1. The van der Waals surface area contributed by atoms with Gasteiger partial charge in [-0.15, -0.1) is 0 Å². The summed E-state index contributed by atoms with van der Waals surface area (Å²) in [4.78, 5) is 16.1. The molecule has 0 bridgehead atoms. The molecular weight excluding hydrogens is 362 g/mol. The Hall–Kier alpha value is -2.80. The molecular formula is C18H15ClF2N4O. The van der Waals surface area contributed by atoms with Crippen molar-refractivity contribution in [2.45, 2.75) is 19.8 Å². The summed E-state index contributed by atoms with van der Waals surface area (Å²) in [5.74, 6) is -1.95. The van der Waals surface area contributed by atoms with Gasteiger partial charge < -0.3 is 5.32 Å². The van der Waals surface area contributed by atoms with Crippen molar-refractivity contribution in [1.82, 2.24) is 14.8 Å². The molecule has 0 unspecified atom stereocenters. The number of anilines is 1. The summed E-state index contributed by atoms with van der Waals surface area (Å²) in [6, 6.07) is 5.86. The largest absolute Gasteiger partial charge is 0.323 e. The minimum Gasteiger partial charge on any atom is -0.323 e. The number of hydrogen-bond acceptors (Lipinski definition) is 3. The van der Waals surface area contributed by atoms with Gasteiger partial charge in [-0.25, -0.2) is 13.5 Å². The first kappa shape index (κ1) is 18.0. The minimum atomic E-state index is -0.837. The van der Waals surface area contributed by atoms with E-state index in [4.69, 9.17) is 11.6 Å². The summed E-state index contributed by atoms with van der Waals surface area (Å²) in [7, 11) is 0. The summed E-state index contributed by atoms with van der Waals surface area (Å²) in [5, 5.41) is 6.47. The third-order valence-electron chi connectivity index (χ3n) is 3.88. The standard InChI is InChI=1S/C18H15ClF2N4O/c1-11-16(10-23-25(11)13-4-6-22-7-5-13)24-17(26)3-2-12-8-14(20)18(19)15(21)9-12/h4-10H,2-3H2,1H3,(H,24,26). The van der Waals surface area contributed by atoms with Crippen LogP contribution in [-0.4, -0.2) is 20.7 Å². The molecule has 1 N–H and O–H groups in total. The van der Waals surface area contributed by atoms with Gasteiger partial charge in [0.2, 0.25) is 5.91 Å². The lowest BCUT2D eigenvalue weighted by Crippen LogP contribution is -2.13. The highest BCUT2D eigenvalue weighted by atomic mass is 35.5. The molecule has 5 nitrogen and oxygen atoms in total. The smallest absolute Gasteiger partial charge is 0.224 e. The highest BCUT2D eigenvalue weighted by Crippen LogP contribution is 2.22. The quantitative estimate of drug-likeness (QED) is 0.682. The monoisotopic (exact) mass is 376 g/mol. The number of halogens is 3. The molecule has 1 aromatic carbocycles. The van der Waals surface area contributed by atoms with E-state index >= 15 is 0 Å². The molecule has 0 atom stereocenters. The minimum absolute atomic E-state index is 0.0698. The first-order valence-electron chi connectivity index (χ1n) is 7.84. The van der Waals surface area contributed by atoms with Crippen molar-refractivity contribution in [2.24, 2.45) is 0 Å². The van der Waals surface area contributed by atoms with E-state index in [0.29, 0.717) is 11.3 Å². The van der Waals surface area contributed by atoms with Gasteiger partial charge in [0, 0.05) is 18.8 Å². The molecule has 0 aliphatic heterocycles. The first-order chi connectivity index (χ1) is 12.5. The van der Waals surface area contributed by atoms with E-state index in [1.165, 1.54) is 0 Å². The molecule has 0 saturated carbocycles. The zero-order chi connectivity index (χ0) is 18.7. The van der Waals surface area contributed by atoms with Crippen LogP contribution >= 0.6 is 11.6 Å². The Bertz CT molecular complexity index is 921. The molecule has 8 heteroatoms. The summed E-state index contributed by atoms with van der Waals surface area (Å²) in [6.07, 6.45) is 5.11. The Labute approximate surface area is 153 Å². The van der Waals surface area contributed by atoms with Crippen molar-refractivity contribution in [2.75, 3.05) is 5.32 Å². The van der Waals surface area contributed by atoms with E-state index < -0.39 is 16.7 Å². The fourth-order valence-electron chi connectivity index (χ4n) is 2.50. The maximum atomic E-state index is 13.4. The molecule has 1 amide bonds. The zero-order valence-electron chi connectivity index (χ0n) is 13.8. The van der Waals surface area contributed by atoms with E-state index in [9.17, 15) is 13.6 Å². The van der Waals surface area contributed by atoms with Crippen LogP contribution in [0.4, 0.5) is 14.5 Å². The predicted molar refractivity (Wildman–Crippen MR) is 94.4 cm³/mol. The SMILES string of the molecule is Cc1c(NC(=O)CCc2cc(F)c(Cl)c(F)c2)cnn1-c1ccncc1. The van der Waals surface area contributed by atoms with Crippen LogP contribution in [0.1, 0.15) is 17.7 Å². The van der Waals surface area contributed by atoms with Gasteiger partial charge >= 0.3 is 0 Å². The van der Waals surface area contributed by atoms with Crippen molar-refractivity contribution in [3.63, 3.8) is 0 Å². The second-order valence-electron chi connectivity index (χ2n) is 5.68. The molecule has 0 saturated heterocycles. The Balaban J connectivity index is 1.65. The molecule has 0 spiro atoms. The Morgan fingerprint density at radius 1 is 1.23 bits per heavy atom. The van der Waals surface area contributed by atoms with Crippen LogP contribution in [0.5, 0.6) is 0 Å². The van der Waals surface area contributed by atoms with Gasteiger partial charge in [-0.3, -0.25) is 9.78 Å². The molecule has 3 rings (SSSR count). The van der Waals surface area contributed by atoms with Crippen molar-refractivity contribution in [3.05, 3.63) is 70.8 Å². The lowest BCUT2D eigenvalue weighted by atomic mass is 10.1. The zero-order valence-corrected chi connectivity index (χ0v) is 14.6. The number of benzene rings is 1. The van der Waals surface area contributed by atoms with Crippen LogP contribution in [0, 0.1) is 18.6 Å². The lowest BCUT2D eigenvalue weighted by Gasteiger charge is -2.07. The number of carbonyl (C=O) groups excluding carboxylic acids is 1. The predicted octanol–water partition coefficient (Wildman–Crippen LogP) is 4.08. The number of carbonyl (C=O) groups is 1. The van der Waals surface area contributed by atoms with E-state index in [1.54, 1.807) is 35.4 Å². The van der Waals surface area contributed by atoms with Crippen LogP contribution in [0.2, 0.25) is 5.02 Å². The van der Waals surface area contributed by atoms with Gasteiger partial charge in [0.25, 0.3) is 0 Å². The maximum absolute atomic E-state index is 13.4. The van der Waals surface area contributed by atoms with E-state index in [0.717, 1.165) is 23.5 Å². The molecule has 3 aromatic rings. The number of pyridine rings is 1. The lowest BCUT2D eigenvalue weighted by molar-refractivity contribution is -0.116. The van der Waals surface area contributed by atoms with E-state index in [2.05, 4.69) is 15.4 Å². The third kappa shape index (κ3) is 3.88. The number of nitrogens with one attached hydrogen (secondary N) is 1. The van der Waals surface area contributed by atoms with Gasteiger partial charge in [-0.05, 0) is 43.2 Å². The highest BCUT2D eigenvalue weighted by Gasteiger charge is 2.13. The van der Waals surface area contributed by atoms with Gasteiger partial charge in [0.05, 0.1) is 23.3 Å². The molecule has 0 radical (unpaired) electrons. The first-order valence-corrected chi connectivity index (χ1v) is 8.22. The van der Waals surface area contributed by atoms with Crippen LogP contribution < -0.4 is 5.32 Å². The molecule has 26 heavy (non-hydrogen) atoms. The highest BCUT2D eigenvalue weighted by molar-refractivity contribution is 6.30. The second kappa shape index (κ2) is 7.61. The van der Waals surface area contributed by atoms with E-state index in [-0.39, 0.29) is 18.7 Å². The molecule has 0 fully saturated rings. The number of nitrogens with zero attached hydrogens (tertiary/aromatic N) is 3. The van der Waals surface area contributed by atoms with Crippen molar-refractivity contribution in [1.29, 1.82) is 0 Å². The number of aromatic nitrogens is 3. The average molecular weight is 377 g/mol. The topological polar surface area (TPSA) is 59.8 Å². The summed E-state index contributed by atoms with van der Waals surface area (Å²) < 4.78 is 28.6. The molecule has 0 aliphatic carbocycles. The van der Waals surface area contributed by atoms with Gasteiger partial charge in [-0.1, -0.05) is 11.6 Å². The van der Waals surface area contributed by atoms with E-state index in [1.807, 2.05) is 6.92 Å². The number of aryl methyl sites for hydroxylation is 1. The van der Waals surface area contributed by atoms with Crippen LogP contribution in [0.25, 0.3) is 5.69 Å². The Morgan fingerprint density at radius 3 is 2.54 bits per heavy atom. The number of rotatable bonds is 5. The van der Waals surface area contributed by atoms with Crippen LogP contribution in [-0.2, 0) is 11.2 Å². The summed E-state index contributed by atoms with van der Waals surface area (Å²) >= 11 is 5.45.